The number of likely N-dealkylation sites (tertiary alicyclic amines) is 1. The Bertz CT molecular complexity index is 430. The summed E-state index contributed by atoms with van der Waals surface area (Å²) in [6, 6.07) is -1.01. The van der Waals surface area contributed by atoms with Crippen LogP contribution in [-0.2, 0) is 14.4 Å². The molecule has 5 heteroatoms. The second-order valence-electron chi connectivity index (χ2n) is 6.46. The van der Waals surface area contributed by atoms with Crippen molar-refractivity contribution < 1.29 is 19.5 Å². The summed E-state index contributed by atoms with van der Waals surface area (Å²) < 4.78 is 0. The number of aliphatic carboxylic acids is 1. The van der Waals surface area contributed by atoms with Crippen LogP contribution in [0.25, 0.3) is 0 Å². The molecule has 1 heterocycles. The summed E-state index contributed by atoms with van der Waals surface area (Å²) in [6.45, 7) is 3.48. The number of fused-ring (bicyclic) bond motifs is 5. The minimum absolute atomic E-state index is 0.230. The van der Waals surface area contributed by atoms with E-state index in [1.54, 1.807) is 13.8 Å². The minimum Gasteiger partial charge on any atom is -0.480 e. The van der Waals surface area contributed by atoms with E-state index < -0.39 is 12.0 Å². The molecule has 0 spiro atoms. The molecule has 2 bridgehead atoms. The highest BCUT2D eigenvalue weighted by molar-refractivity contribution is 6.08. The third-order valence-corrected chi connectivity index (χ3v) is 5.12. The topological polar surface area (TPSA) is 74.7 Å². The number of carbonyl (C=O) groups is 3. The van der Waals surface area contributed by atoms with Crippen molar-refractivity contribution in [3.63, 3.8) is 0 Å². The Balaban J connectivity index is 1.94. The van der Waals surface area contributed by atoms with Gasteiger partial charge < -0.3 is 5.11 Å². The van der Waals surface area contributed by atoms with Gasteiger partial charge in [-0.3, -0.25) is 14.5 Å². The van der Waals surface area contributed by atoms with Crippen LogP contribution in [0.15, 0.2) is 0 Å². The number of hydrogen-bond acceptors (Lipinski definition) is 3. The van der Waals surface area contributed by atoms with Gasteiger partial charge in [-0.15, -0.1) is 0 Å². The second kappa shape index (κ2) is 4.05. The Hall–Kier alpha value is -1.39. The Morgan fingerprint density at radius 1 is 1.16 bits per heavy atom. The summed E-state index contributed by atoms with van der Waals surface area (Å²) in [6.07, 6.45) is 3.00. The molecular weight excluding hydrogens is 246 g/mol. The molecular formula is C14H19NO4. The Labute approximate surface area is 112 Å². The first-order valence-electron chi connectivity index (χ1n) is 7.03. The largest absolute Gasteiger partial charge is 0.480 e. The van der Waals surface area contributed by atoms with E-state index in [1.807, 2.05) is 0 Å². The first-order chi connectivity index (χ1) is 8.93. The van der Waals surface area contributed by atoms with E-state index in [0.717, 1.165) is 24.2 Å². The number of carboxylic acids is 1. The molecule has 0 unspecified atom stereocenters. The van der Waals surface area contributed by atoms with Gasteiger partial charge in [0.25, 0.3) is 0 Å². The second-order valence-corrected chi connectivity index (χ2v) is 6.46. The molecule has 1 aliphatic heterocycles. The number of amides is 2. The summed E-state index contributed by atoms with van der Waals surface area (Å²) in [5.74, 6) is -1.66. The SMILES string of the molecule is CC(C)[C@H](C(=O)O)N1C(=O)[C@@H]2[C@H]3CC[C@@H](C3)[C@H]2C1=O. The van der Waals surface area contributed by atoms with Crippen LogP contribution in [-0.4, -0.2) is 33.8 Å². The summed E-state index contributed by atoms with van der Waals surface area (Å²) >= 11 is 0. The molecule has 2 saturated carbocycles. The quantitative estimate of drug-likeness (QED) is 0.776. The van der Waals surface area contributed by atoms with Gasteiger partial charge >= 0.3 is 5.97 Å². The lowest BCUT2D eigenvalue weighted by Gasteiger charge is -2.27. The molecule has 3 aliphatic rings. The van der Waals surface area contributed by atoms with Gasteiger partial charge in [0, 0.05) is 0 Å². The van der Waals surface area contributed by atoms with Crippen molar-refractivity contribution in [1.82, 2.24) is 4.90 Å². The van der Waals surface area contributed by atoms with E-state index >= 15 is 0 Å². The fourth-order valence-corrected chi connectivity index (χ4v) is 4.40. The van der Waals surface area contributed by atoms with Gasteiger partial charge in [-0.1, -0.05) is 13.8 Å². The molecule has 104 valence electrons. The van der Waals surface area contributed by atoms with Gasteiger partial charge in [-0.25, -0.2) is 4.79 Å². The highest BCUT2D eigenvalue weighted by atomic mass is 16.4. The van der Waals surface area contributed by atoms with E-state index in [9.17, 15) is 19.5 Å². The average molecular weight is 265 g/mol. The first-order valence-corrected chi connectivity index (χ1v) is 7.03. The Morgan fingerprint density at radius 2 is 1.63 bits per heavy atom. The van der Waals surface area contributed by atoms with Crippen LogP contribution in [0.4, 0.5) is 0 Å². The van der Waals surface area contributed by atoms with Crippen LogP contribution in [0.3, 0.4) is 0 Å². The number of hydrogen-bond donors (Lipinski definition) is 1. The Morgan fingerprint density at radius 3 is 2.00 bits per heavy atom. The van der Waals surface area contributed by atoms with Gasteiger partial charge in [-0.2, -0.15) is 0 Å². The zero-order valence-electron chi connectivity index (χ0n) is 11.2. The van der Waals surface area contributed by atoms with E-state index in [-0.39, 0.29) is 29.6 Å². The monoisotopic (exact) mass is 265 g/mol. The minimum atomic E-state index is -1.08. The molecule has 1 saturated heterocycles. The van der Waals surface area contributed by atoms with Gasteiger partial charge in [0.2, 0.25) is 11.8 Å². The van der Waals surface area contributed by atoms with Crippen LogP contribution in [0.5, 0.6) is 0 Å². The maximum atomic E-state index is 12.5. The summed E-state index contributed by atoms with van der Waals surface area (Å²) in [7, 11) is 0. The highest BCUT2D eigenvalue weighted by Gasteiger charge is 2.62. The zero-order valence-corrected chi connectivity index (χ0v) is 11.2. The number of nitrogens with zero attached hydrogens (tertiary/aromatic N) is 1. The van der Waals surface area contributed by atoms with Gasteiger partial charge in [0.15, 0.2) is 0 Å². The highest BCUT2D eigenvalue weighted by Crippen LogP contribution is 2.56. The van der Waals surface area contributed by atoms with E-state index in [4.69, 9.17) is 0 Å². The summed E-state index contributed by atoms with van der Waals surface area (Å²) in [5.41, 5.74) is 0. The first kappa shape index (κ1) is 12.6. The smallest absolute Gasteiger partial charge is 0.327 e. The molecule has 5 atom stereocenters. The van der Waals surface area contributed by atoms with Crippen LogP contribution < -0.4 is 0 Å². The molecule has 5 nitrogen and oxygen atoms in total. The third kappa shape index (κ3) is 1.56. The lowest BCUT2D eigenvalue weighted by molar-refractivity contribution is -0.157. The fraction of sp³-hybridized carbons (Fsp3) is 0.786. The van der Waals surface area contributed by atoms with Gasteiger partial charge in [0.1, 0.15) is 6.04 Å². The predicted octanol–water partition coefficient (Wildman–Crippen LogP) is 1.13. The molecule has 2 amide bonds. The summed E-state index contributed by atoms with van der Waals surface area (Å²) in [5, 5.41) is 9.30. The van der Waals surface area contributed by atoms with Crippen molar-refractivity contribution >= 4 is 17.8 Å². The van der Waals surface area contributed by atoms with Crippen molar-refractivity contribution in [2.75, 3.05) is 0 Å². The summed E-state index contributed by atoms with van der Waals surface area (Å²) in [4.78, 5) is 37.4. The van der Waals surface area contributed by atoms with E-state index in [0.29, 0.717) is 11.8 Å². The van der Waals surface area contributed by atoms with E-state index in [1.165, 1.54) is 0 Å². The normalized spacial score (nSPS) is 38.2. The van der Waals surface area contributed by atoms with Crippen LogP contribution in [0, 0.1) is 29.6 Å². The van der Waals surface area contributed by atoms with E-state index in [2.05, 4.69) is 0 Å². The van der Waals surface area contributed by atoms with Crippen molar-refractivity contribution in [2.24, 2.45) is 29.6 Å². The average Bonchev–Trinajstić information content (AvgIpc) is 2.97. The molecule has 3 rings (SSSR count). The van der Waals surface area contributed by atoms with Crippen molar-refractivity contribution in [2.45, 2.75) is 39.2 Å². The number of imide groups is 1. The predicted molar refractivity (Wildman–Crippen MR) is 65.9 cm³/mol. The van der Waals surface area contributed by atoms with Crippen LogP contribution >= 0.6 is 0 Å². The molecule has 3 fully saturated rings. The van der Waals surface area contributed by atoms with Crippen molar-refractivity contribution in [3.05, 3.63) is 0 Å². The third-order valence-electron chi connectivity index (χ3n) is 5.12. The Kier molecular flexibility index (Phi) is 2.69. The maximum absolute atomic E-state index is 12.5. The van der Waals surface area contributed by atoms with Crippen LogP contribution in [0.2, 0.25) is 0 Å². The molecule has 0 aromatic carbocycles. The lowest BCUT2D eigenvalue weighted by Crippen LogP contribution is -2.49. The van der Waals surface area contributed by atoms with Crippen LogP contribution in [0.1, 0.15) is 33.1 Å². The molecule has 0 aromatic heterocycles. The standard InChI is InChI=1S/C14H19NO4/c1-6(2)11(14(18)19)15-12(16)9-7-3-4-8(5-7)10(9)13(15)17/h6-11H,3-5H2,1-2H3,(H,18,19)/t7-,8-,9+,10+,11+/m0/s1. The molecule has 0 aromatic rings. The fourth-order valence-electron chi connectivity index (χ4n) is 4.40. The van der Waals surface area contributed by atoms with Crippen molar-refractivity contribution in [3.8, 4) is 0 Å². The zero-order chi connectivity index (χ0) is 13.9. The number of carbonyl (C=O) groups excluding carboxylic acids is 2. The maximum Gasteiger partial charge on any atom is 0.327 e. The molecule has 0 radical (unpaired) electrons. The van der Waals surface area contributed by atoms with Gasteiger partial charge in [0.05, 0.1) is 11.8 Å². The van der Waals surface area contributed by atoms with Crippen molar-refractivity contribution in [1.29, 1.82) is 0 Å². The molecule has 19 heavy (non-hydrogen) atoms. The molecule has 1 N–H and O–H groups in total. The van der Waals surface area contributed by atoms with Gasteiger partial charge in [-0.05, 0) is 37.0 Å². The molecule has 2 aliphatic carbocycles. The lowest BCUT2D eigenvalue weighted by atomic mass is 9.81. The number of rotatable bonds is 3. The number of carboxylic acid groups (broad SMARTS) is 1.